The Morgan fingerprint density at radius 2 is 2.36 bits per heavy atom. The predicted octanol–water partition coefficient (Wildman–Crippen LogP) is 1.10. The van der Waals surface area contributed by atoms with Gasteiger partial charge in [-0.15, -0.1) is 0 Å². The van der Waals surface area contributed by atoms with Gasteiger partial charge in [0.25, 0.3) is 0 Å². The summed E-state index contributed by atoms with van der Waals surface area (Å²) in [5, 5.41) is 3.46. The second-order valence-electron chi connectivity index (χ2n) is 3.81. The van der Waals surface area contributed by atoms with Crippen LogP contribution in [0.4, 0.5) is 0 Å². The van der Waals surface area contributed by atoms with E-state index in [-0.39, 0.29) is 0 Å². The van der Waals surface area contributed by atoms with Crippen molar-refractivity contribution in [3.63, 3.8) is 0 Å². The second kappa shape index (κ2) is 3.84. The third-order valence-electron chi connectivity index (χ3n) is 2.57. The highest BCUT2D eigenvalue weighted by Gasteiger charge is 2.25. The zero-order valence-corrected chi connectivity index (χ0v) is 8.71. The zero-order chi connectivity index (χ0) is 8.32. The summed E-state index contributed by atoms with van der Waals surface area (Å²) in [7, 11) is 2.80. The first-order valence-electron chi connectivity index (χ1n) is 4.37. The molecule has 0 saturated carbocycles. The SMILES string of the molecule is CCC1(C)CNCCN(P)C1. The average Bonchev–Trinajstić information content (AvgIpc) is 2.13. The van der Waals surface area contributed by atoms with E-state index in [2.05, 4.69) is 33.2 Å². The van der Waals surface area contributed by atoms with Crippen LogP contribution in [-0.4, -0.2) is 30.8 Å². The molecule has 2 unspecified atom stereocenters. The van der Waals surface area contributed by atoms with Crippen molar-refractivity contribution in [1.82, 2.24) is 9.99 Å². The Labute approximate surface area is 72.0 Å². The summed E-state index contributed by atoms with van der Waals surface area (Å²) < 4.78 is 2.34. The Hall–Kier alpha value is 0.350. The van der Waals surface area contributed by atoms with Crippen LogP contribution in [0.15, 0.2) is 0 Å². The van der Waals surface area contributed by atoms with E-state index >= 15 is 0 Å². The van der Waals surface area contributed by atoms with Gasteiger partial charge in [-0.2, -0.15) is 0 Å². The van der Waals surface area contributed by atoms with Crippen LogP contribution in [0.1, 0.15) is 20.3 Å². The summed E-state index contributed by atoms with van der Waals surface area (Å²) in [6.07, 6.45) is 1.25. The first-order chi connectivity index (χ1) is 5.16. The van der Waals surface area contributed by atoms with E-state index in [1.807, 2.05) is 0 Å². The summed E-state index contributed by atoms with van der Waals surface area (Å²) >= 11 is 0. The van der Waals surface area contributed by atoms with Gasteiger partial charge in [-0.25, -0.2) is 0 Å². The van der Waals surface area contributed by atoms with Gasteiger partial charge in [0.1, 0.15) is 0 Å². The molecular formula is C8H19N2P. The minimum atomic E-state index is 0.470. The molecule has 1 aliphatic heterocycles. The van der Waals surface area contributed by atoms with Crippen LogP contribution in [0.2, 0.25) is 0 Å². The quantitative estimate of drug-likeness (QED) is 0.599. The smallest absolute Gasteiger partial charge is 0.0142 e. The van der Waals surface area contributed by atoms with Gasteiger partial charge in [-0.3, -0.25) is 4.67 Å². The molecule has 2 nitrogen and oxygen atoms in total. The zero-order valence-electron chi connectivity index (χ0n) is 7.56. The van der Waals surface area contributed by atoms with Crippen molar-refractivity contribution in [3.8, 4) is 0 Å². The van der Waals surface area contributed by atoms with E-state index in [1.54, 1.807) is 0 Å². The van der Waals surface area contributed by atoms with Crippen molar-refractivity contribution in [1.29, 1.82) is 0 Å². The van der Waals surface area contributed by atoms with Crippen molar-refractivity contribution in [3.05, 3.63) is 0 Å². The van der Waals surface area contributed by atoms with E-state index in [0.717, 1.165) is 19.6 Å². The summed E-state index contributed by atoms with van der Waals surface area (Å²) in [4.78, 5) is 0. The van der Waals surface area contributed by atoms with Crippen molar-refractivity contribution in [2.45, 2.75) is 20.3 Å². The fraction of sp³-hybridized carbons (Fsp3) is 1.00. The number of hydrogen-bond acceptors (Lipinski definition) is 2. The maximum Gasteiger partial charge on any atom is 0.0142 e. The molecule has 0 aromatic rings. The van der Waals surface area contributed by atoms with Crippen molar-refractivity contribution < 1.29 is 0 Å². The summed E-state index contributed by atoms with van der Waals surface area (Å²) in [6, 6.07) is 0. The molecule has 1 fully saturated rings. The monoisotopic (exact) mass is 174 g/mol. The lowest BCUT2D eigenvalue weighted by Crippen LogP contribution is -2.33. The van der Waals surface area contributed by atoms with E-state index in [9.17, 15) is 0 Å². The van der Waals surface area contributed by atoms with Crippen LogP contribution in [-0.2, 0) is 0 Å². The molecule has 1 heterocycles. The largest absolute Gasteiger partial charge is 0.315 e. The number of rotatable bonds is 1. The molecule has 1 saturated heterocycles. The van der Waals surface area contributed by atoms with Crippen LogP contribution in [0, 0.1) is 5.41 Å². The highest BCUT2D eigenvalue weighted by molar-refractivity contribution is 7.13. The van der Waals surface area contributed by atoms with Gasteiger partial charge in [0.15, 0.2) is 0 Å². The van der Waals surface area contributed by atoms with Gasteiger partial charge in [0.2, 0.25) is 0 Å². The molecule has 66 valence electrons. The minimum absolute atomic E-state index is 0.470. The number of hydrogen-bond donors (Lipinski definition) is 1. The van der Waals surface area contributed by atoms with Crippen LogP contribution in [0.3, 0.4) is 0 Å². The van der Waals surface area contributed by atoms with E-state index < -0.39 is 0 Å². The Morgan fingerprint density at radius 1 is 1.64 bits per heavy atom. The Kier molecular flexibility index (Phi) is 3.29. The lowest BCUT2D eigenvalue weighted by atomic mass is 9.88. The van der Waals surface area contributed by atoms with Gasteiger partial charge in [0, 0.05) is 26.2 Å². The van der Waals surface area contributed by atoms with E-state index in [0.29, 0.717) is 5.41 Å². The molecular weight excluding hydrogens is 155 g/mol. The van der Waals surface area contributed by atoms with E-state index in [4.69, 9.17) is 0 Å². The topological polar surface area (TPSA) is 15.3 Å². The standard InChI is InChI=1S/C8H19N2P/c1-3-8(2)6-9-4-5-10(11)7-8/h9H,3-7,11H2,1-2H3. The van der Waals surface area contributed by atoms with Crippen molar-refractivity contribution in [2.75, 3.05) is 26.2 Å². The predicted molar refractivity (Wildman–Crippen MR) is 52.6 cm³/mol. The fourth-order valence-electron chi connectivity index (χ4n) is 1.47. The van der Waals surface area contributed by atoms with Gasteiger partial charge in [-0.05, 0) is 11.8 Å². The van der Waals surface area contributed by atoms with Crippen LogP contribution >= 0.6 is 9.39 Å². The molecule has 11 heavy (non-hydrogen) atoms. The average molecular weight is 174 g/mol. The fourth-order valence-corrected chi connectivity index (χ4v) is 2.04. The van der Waals surface area contributed by atoms with Crippen LogP contribution in [0.25, 0.3) is 0 Å². The summed E-state index contributed by atoms with van der Waals surface area (Å²) in [6.45, 7) is 9.25. The first kappa shape index (κ1) is 9.44. The van der Waals surface area contributed by atoms with Gasteiger partial charge >= 0.3 is 0 Å². The Morgan fingerprint density at radius 3 is 3.00 bits per heavy atom. The third-order valence-corrected chi connectivity index (χ3v) is 3.01. The van der Waals surface area contributed by atoms with Gasteiger partial charge < -0.3 is 5.32 Å². The molecule has 1 N–H and O–H groups in total. The molecule has 0 bridgehead atoms. The highest BCUT2D eigenvalue weighted by Crippen LogP contribution is 2.24. The molecule has 1 aliphatic rings. The third kappa shape index (κ3) is 2.70. The molecule has 0 aliphatic carbocycles. The molecule has 0 aromatic heterocycles. The lowest BCUT2D eigenvalue weighted by molar-refractivity contribution is 0.263. The molecule has 0 aromatic carbocycles. The van der Waals surface area contributed by atoms with Crippen LogP contribution in [0.5, 0.6) is 0 Å². The number of nitrogens with zero attached hydrogens (tertiary/aromatic N) is 1. The highest BCUT2D eigenvalue weighted by atomic mass is 31.0. The summed E-state index contributed by atoms with van der Waals surface area (Å²) in [5.74, 6) is 0. The molecule has 0 radical (unpaired) electrons. The second-order valence-corrected chi connectivity index (χ2v) is 4.54. The van der Waals surface area contributed by atoms with Gasteiger partial charge in [0.05, 0.1) is 0 Å². The first-order valence-corrected chi connectivity index (χ1v) is 4.88. The molecule has 2 atom stereocenters. The Bertz CT molecular complexity index is 129. The molecule has 3 heteroatoms. The number of nitrogens with one attached hydrogen (secondary N) is 1. The maximum absolute atomic E-state index is 3.46. The van der Waals surface area contributed by atoms with Gasteiger partial charge in [-0.1, -0.05) is 23.2 Å². The Balaban J connectivity index is 2.51. The normalized spacial score (nSPS) is 35.2. The summed E-state index contributed by atoms with van der Waals surface area (Å²) in [5.41, 5.74) is 0.470. The maximum atomic E-state index is 3.46. The van der Waals surface area contributed by atoms with Crippen molar-refractivity contribution in [2.24, 2.45) is 5.41 Å². The molecule has 0 amide bonds. The molecule has 0 spiro atoms. The molecule has 1 rings (SSSR count). The minimum Gasteiger partial charge on any atom is -0.315 e. The van der Waals surface area contributed by atoms with E-state index in [1.165, 1.54) is 13.0 Å². The van der Waals surface area contributed by atoms with Crippen LogP contribution < -0.4 is 5.32 Å². The van der Waals surface area contributed by atoms with Crippen molar-refractivity contribution >= 4 is 9.39 Å². The lowest BCUT2D eigenvalue weighted by Gasteiger charge is -2.29.